The predicted molar refractivity (Wildman–Crippen MR) is 132 cm³/mol. The van der Waals surface area contributed by atoms with Gasteiger partial charge in [0.05, 0.1) is 30.6 Å². The number of rotatable bonds is 5. The number of carboxylic acids is 1. The van der Waals surface area contributed by atoms with E-state index in [1.807, 2.05) is 19.9 Å². The van der Waals surface area contributed by atoms with E-state index in [9.17, 15) is 14.7 Å². The summed E-state index contributed by atoms with van der Waals surface area (Å²) < 4.78 is 29.8. The van der Waals surface area contributed by atoms with Crippen LogP contribution in [0.2, 0.25) is 0 Å². The molecule has 4 heterocycles. The van der Waals surface area contributed by atoms with Crippen molar-refractivity contribution >= 4 is 11.9 Å². The molecule has 1 aromatic carbocycles. The number of nitrogens with zero attached hydrogens (tertiary/aromatic N) is 1. The molecule has 4 aliphatic heterocycles. The van der Waals surface area contributed by atoms with Gasteiger partial charge in [0, 0.05) is 6.54 Å². The highest BCUT2D eigenvalue weighted by Gasteiger charge is 2.59. The summed E-state index contributed by atoms with van der Waals surface area (Å²) in [6.45, 7) is 5.79. The van der Waals surface area contributed by atoms with Gasteiger partial charge in [-0.15, -0.1) is 0 Å². The van der Waals surface area contributed by atoms with E-state index in [4.69, 9.17) is 23.7 Å². The van der Waals surface area contributed by atoms with Crippen molar-refractivity contribution in [2.24, 2.45) is 0 Å². The highest BCUT2D eigenvalue weighted by molar-refractivity contribution is 5.86. The molecular weight excluding hydrogens is 478 g/mol. The van der Waals surface area contributed by atoms with Crippen molar-refractivity contribution in [3.05, 3.63) is 35.1 Å². The topological polar surface area (TPSA) is 104 Å². The summed E-state index contributed by atoms with van der Waals surface area (Å²) in [5, 5.41) is 9.72. The Hall–Kier alpha value is -2.78. The largest absolute Gasteiger partial charge is 0.497 e. The van der Waals surface area contributed by atoms with Gasteiger partial charge in [0.15, 0.2) is 23.2 Å². The number of carbonyl (C=O) groups is 2. The second kappa shape index (κ2) is 8.63. The summed E-state index contributed by atoms with van der Waals surface area (Å²) in [6.07, 6.45) is 5.51. The Morgan fingerprint density at radius 2 is 1.89 bits per heavy atom. The zero-order chi connectivity index (χ0) is 26.0. The maximum absolute atomic E-state index is 14.0. The van der Waals surface area contributed by atoms with Gasteiger partial charge < -0.3 is 28.8 Å². The number of carbonyl (C=O) groups excluding carboxylic acids is 1. The Labute approximate surface area is 216 Å². The van der Waals surface area contributed by atoms with E-state index < -0.39 is 35.7 Å². The number of benzene rings is 1. The van der Waals surface area contributed by atoms with E-state index in [1.165, 1.54) is 0 Å². The molecule has 0 amide bonds. The molecule has 9 heteroatoms. The van der Waals surface area contributed by atoms with E-state index in [1.54, 1.807) is 7.11 Å². The fourth-order valence-electron chi connectivity index (χ4n) is 7.33. The minimum atomic E-state index is -1.54. The smallest absolute Gasteiger partial charge is 0.339 e. The van der Waals surface area contributed by atoms with Crippen LogP contribution in [0.3, 0.4) is 0 Å². The predicted octanol–water partition coefficient (Wildman–Crippen LogP) is 3.54. The van der Waals surface area contributed by atoms with Crippen molar-refractivity contribution in [1.82, 2.24) is 4.90 Å². The minimum Gasteiger partial charge on any atom is -0.497 e. The minimum absolute atomic E-state index is 0.185. The third-order valence-corrected chi connectivity index (χ3v) is 8.84. The summed E-state index contributed by atoms with van der Waals surface area (Å²) in [5.41, 5.74) is -0.322. The number of methoxy groups -OCH3 is 1. The van der Waals surface area contributed by atoms with Crippen LogP contribution < -0.4 is 9.47 Å². The van der Waals surface area contributed by atoms with Gasteiger partial charge in [-0.2, -0.15) is 0 Å². The molecule has 9 nitrogen and oxygen atoms in total. The van der Waals surface area contributed by atoms with Crippen LogP contribution in [0.4, 0.5) is 0 Å². The molecule has 0 bridgehead atoms. The van der Waals surface area contributed by atoms with E-state index in [2.05, 4.69) is 17.0 Å². The van der Waals surface area contributed by atoms with Gasteiger partial charge >= 0.3 is 11.9 Å². The summed E-state index contributed by atoms with van der Waals surface area (Å²) in [4.78, 5) is 28.3. The molecule has 1 unspecified atom stereocenters. The molecule has 37 heavy (non-hydrogen) atoms. The van der Waals surface area contributed by atoms with Crippen molar-refractivity contribution < 1.29 is 38.4 Å². The molecule has 6 rings (SSSR count). The first-order valence-electron chi connectivity index (χ1n) is 13.2. The van der Waals surface area contributed by atoms with Crippen LogP contribution >= 0.6 is 0 Å². The van der Waals surface area contributed by atoms with Gasteiger partial charge in [-0.3, -0.25) is 9.69 Å². The maximum Gasteiger partial charge on any atom is 0.339 e. The standard InChI is InChI=1S/C28H35NO8/c1-26(2)7-4-9-28(37-26,15-22(30)31)25(32)36-24-21(33-3)14-27-8-5-10-29(27)11-6-17-12-19-20(35-16-34-19)13-18(17)23(24)27/h12-14,23-24H,4-11,15-16H2,1-3H3,(H,30,31)/t23-,24-,27+,28?/m1/s1. The molecule has 1 aromatic rings. The molecule has 1 aliphatic carbocycles. The number of aliphatic carboxylic acids is 1. The Balaban J connectivity index is 1.42. The molecule has 0 aromatic heterocycles. The lowest BCUT2D eigenvalue weighted by molar-refractivity contribution is -0.216. The van der Waals surface area contributed by atoms with Crippen molar-refractivity contribution in [3.8, 4) is 11.5 Å². The lowest BCUT2D eigenvalue weighted by atomic mass is 9.77. The van der Waals surface area contributed by atoms with E-state index in [0.717, 1.165) is 55.6 Å². The van der Waals surface area contributed by atoms with Crippen molar-refractivity contribution in [1.29, 1.82) is 0 Å². The number of esters is 1. The zero-order valence-electron chi connectivity index (χ0n) is 21.7. The van der Waals surface area contributed by atoms with Crippen LogP contribution in [0.5, 0.6) is 11.5 Å². The molecule has 4 atom stereocenters. The second-order valence-corrected chi connectivity index (χ2v) is 11.6. The fourth-order valence-corrected chi connectivity index (χ4v) is 7.33. The van der Waals surface area contributed by atoms with Gasteiger partial charge in [-0.25, -0.2) is 4.79 Å². The number of hydrogen-bond donors (Lipinski definition) is 1. The molecule has 0 radical (unpaired) electrons. The van der Waals surface area contributed by atoms with Gasteiger partial charge in [-0.05, 0) is 88.3 Å². The van der Waals surface area contributed by atoms with Gasteiger partial charge in [-0.1, -0.05) is 0 Å². The molecule has 0 saturated carbocycles. The van der Waals surface area contributed by atoms with Crippen molar-refractivity contribution in [3.63, 3.8) is 0 Å². The first kappa shape index (κ1) is 24.6. The van der Waals surface area contributed by atoms with Crippen molar-refractivity contribution in [2.45, 2.75) is 87.6 Å². The average molecular weight is 514 g/mol. The van der Waals surface area contributed by atoms with E-state index >= 15 is 0 Å². The first-order chi connectivity index (χ1) is 17.7. The maximum atomic E-state index is 14.0. The monoisotopic (exact) mass is 513 g/mol. The van der Waals surface area contributed by atoms with Gasteiger partial charge in [0.1, 0.15) is 5.76 Å². The zero-order valence-corrected chi connectivity index (χ0v) is 21.7. The molecular formula is C28H35NO8. The van der Waals surface area contributed by atoms with Crippen LogP contribution in [0.15, 0.2) is 24.0 Å². The molecule has 1 N–H and O–H groups in total. The van der Waals surface area contributed by atoms with Crippen LogP contribution in [-0.4, -0.2) is 71.8 Å². The normalized spacial score (nSPS) is 33.5. The fraction of sp³-hybridized carbons (Fsp3) is 0.643. The number of hydrogen-bond acceptors (Lipinski definition) is 8. The van der Waals surface area contributed by atoms with Crippen LogP contribution in [0, 0.1) is 0 Å². The molecule has 200 valence electrons. The van der Waals surface area contributed by atoms with Crippen LogP contribution in [0.1, 0.15) is 69.4 Å². The van der Waals surface area contributed by atoms with Crippen LogP contribution in [0.25, 0.3) is 0 Å². The lowest BCUT2D eigenvalue weighted by Gasteiger charge is -2.44. The van der Waals surface area contributed by atoms with E-state index in [0.29, 0.717) is 24.4 Å². The summed E-state index contributed by atoms with van der Waals surface area (Å²) in [6, 6.07) is 4.09. The Kier molecular flexibility index (Phi) is 5.73. The van der Waals surface area contributed by atoms with Gasteiger partial charge in [0.25, 0.3) is 0 Å². The Morgan fingerprint density at radius 1 is 1.11 bits per heavy atom. The molecule has 2 fully saturated rings. The van der Waals surface area contributed by atoms with Crippen molar-refractivity contribution in [2.75, 3.05) is 27.0 Å². The third-order valence-electron chi connectivity index (χ3n) is 8.84. The number of ether oxygens (including phenoxy) is 5. The quantitative estimate of drug-likeness (QED) is 0.592. The Bertz CT molecular complexity index is 1160. The third kappa shape index (κ3) is 3.89. The molecule has 5 aliphatic rings. The average Bonchev–Trinajstić information content (AvgIpc) is 3.51. The van der Waals surface area contributed by atoms with Crippen LogP contribution in [-0.2, 0) is 30.2 Å². The summed E-state index contributed by atoms with van der Waals surface area (Å²) >= 11 is 0. The van der Waals surface area contributed by atoms with E-state index in [-0.39, 0.29) is 18.2 Å². The molecule has 2 saturated heterocycles. The summed E-state index contributed by atoms with van der Waals surface area (Å²) in [7, 11) is 1.60. The molecule has 1 spiro atoms. The highest BCUT2D eigenvalue weighted by atomic mass is 16.7. The second-order valence-electron chi connectivity index (χ2n) is 11.6. The summed E-state index contributed by atoms with van der Waals surface area (Å²) in [5.74, 6) is 0.0737. The Morgan fingerprint density at radius 3 is 2.62 bits per heavy atom. The first-order valence-corrected chi connectivity index (χ1v) is 13.2. The SMILES string of the molecule is COC1=C[C@]23CCCN2CCc2cc4c(cc2[C@@H]3[C@@H]1OC(=O)C1(CC(=O)O)CCCC(C)(C)O1)OCO4. The highest BCUT2D eigenvalue weighted by Crippen LogP contribution is 2.56. The lowest BCUT2D eigenvalue weighted by Crippen LogP contribution is -2.54. The number of fused-ring (bicyclic) bond motifs is 3. The van der Waals surface area contributed by atoms with Gasteiger partial charge in [0.2, 0.25) is 6.79 Å². The number of carboxylic acid groups (broad SMARTS) is 1.